The first-order chi connectivity index (χ1) is 11.7. The van der Waals surface area contributed by atoms with E-state index in [2.05, 4.69) is 33.8 Å². The molecule has 0 amide bonds. The number of halogens is 1. The van der Waals surface area contributed by atoms with Crippen LogP contribution in [0.25, 0.3) is 11.4 Å². The van der Waals surface area contributed by atoms with E-state index in [0.29, 0.717) is 17.4 Å². The third kappa shape index (κ3) is 2.96. The normalized spacial score (nSPS) is 15.4. The topological polar surface area (TPSA) is 30.7 Å². The van der Waals surface area contributed by atoms with Crippen molar-refractivity contribution >= 4 is 11.8 Å². The molecule has 3 aromatic rings. The monoisotopic (exact) mass is 339 g/mol. The molecule has 2 aromatic carbocycles. The van der Waals surface area contributed by atoms with Gasteiger partial charge in [-0.1, -0.05) is 54.2 Å². The molecule has 5 heteroatoms. The van der Waals surface area contributed by atoms with E-state index in [9.17, 15) is 4.39 Å². The molecule has 1 fully saturated rings. The molecule has 0 aliphatic heterocycles. The molecular weight excluding hydrogens is 321 g/mol. The molecule has 3 nitrogen and oxygen atoms in total. The first kappa shape index (κ1) is 15.4. The van der Waals surface area contributed by atoms with E-state index in [1.165, 1.54) is 11.6 Å². The quantitative estimate of drug-likeness (QED) is 0.593. The lowest BCUT2D eigenvalue weighted by Gasteiger charge is -2.13. The SMILES string of the molecule is C[C@@H](Sc1nnc(-c2ccccc2F)n1C1CC1)c1ccccc1. The number of aromatic nitrogens is 3. The molecule has 0 radical (unpaired) electrons. The summed E-state index contributed by atoms with van der Waals surface area (Å²) in [6, 6.07) is 17.5. The van der Waals surface area contributed by atoms with Crippen molar-refractivity contribution in [3.63, 3.8) is 0 Å². The lowest BCUT2D eigenvalue weighted by atomic mass is 10.2. The first-order valence-corrected chi connectivity index (χ1v) is 9.03. The maximum atomic E-state index is 14.2. The van der Waals surface area contributed by atoms with E-state index in [-0.39, 0.29) is 11.1 Å². The summed E-state index contributed by atoms with van der Waals surface area (Å²) in [5.74, 6) is 0.387. The smallest absolute Gasteiger partial charge is 0.192 e. The van der Waals surface area contributed by atoms with Crippen molar-refractivity contribution in [2.24, 2.45) is 0 Å². The van der Waals surface area contributed by atoms with Gasteiger partial charge in [-0.2, -0.15) is 0 Å². The molecule has 1 atom stereocenters. The van der Waals surface area contributed by atoms with Crippen molar-refractivity contribution < 1.29 is 4.39 Å². The van der Waals surface area contributed by atoms with Crippen LogP contribution in [0.5, 0.6) is 0 Å². The van der Waals surface area contributed by atoms with Crippen LogP contribution in [-0.4, -0.2) is 14.8 Å². The second-order valence-electron chi connectivity index (χ2n) is 6.06. The molecule has 24 heavy (non-hydrogen) atoms. The molecule has 1 aliphatic carbocycles. The van der Waals surface area contributed by atoms with Crippen molar-refractivity contribution in [1.29, 1.82) is 0 Å². The van der Waals surface area contributed by atoms with Gasteiger partial charge in [-0.3, -0.25) is 4.57 Å². The molecule has 1 aromatic heterocycles. The molecule has 0 unspecified atom stereocenters. The van der Waals surface area contributed by atoms with Gasteiger partial charge in [0, 0.05) is 11.3 Å². The fraction of sp³-hybridized carbons (Fsp3) is 0.263. The van der Waals surface area contributed by atoms with Gasteiger partial charge in [-0.05, 0) is 37.5 Å². The van der Waals surface area contributed by atoms with Crippen molar-refractivity contribution in [2.45, 2.75) is 36.2 Å². The van der Waals surface area contributed by atoms with E-state index in [1.54, 1.807) is 23.9 Å². The maximum Gasteiger partial charge on any atom is 0.192 e. The summed E-state index contributed by atoms with van der Waals surface area (Å²) in [4.78, 5) is 0. The minimum atomic E-state index is -0.251. The molecule has 122 valence electrons. The second kappa shape index (κ2) is 6.40. The molecule has 1 saturated carbocycles. The van der Waals surface area contributed by atoms with Crippen LogP contribution in [0.2, 0.25) is 0 Å². The van der Waals surface area contributed by atoms with Crippen molar-refractivity contribution in [1.82, 2.24) is 14.8 Å². The predicted molar refractivity (Wildman–Crippen MR) is 94.4 cm³/mol. The highest BCUT2D eigenvalue weighted by Crippen LogP contribution is 2.44. The van der Waals surface area contributed by atoms with Crippen molar-refractivity contribution in [3.8, 4) is 11.4 Å². The van der Waals surface area contributed by atoms with Crippen molar-refractivity contribution in [2.75, 3.05) is 0 Å². The van der Waals surface area contributed by atoms with Gasteiger partial charge in [-0.15, -0.1) is 10.2 Å². The van der Waals surface area contributed by atoms with E-state index in [1.807, 2.05) is 24.3 Å². The Morgan fingerprint density at radius 2 is 1.75 bits per heavy atom. The van der Waals surface area contributed by atoms with Crippen LogP contribution >= 0.6 is 11.8 Å². The fourth-order valence-corrected chi connectivity index (χ4v) is 3.84. The average molecular weight is 339 g/mol. The molecule has 0 N–H and O–H groups in total. The Morgan fingerprint density at radius 3 is 2.46 bits per heavy atom. The van der Waals surface area contributed by atoms with Crippen LogP contribution in [0.15, 0.2) is 59.8 Å². The summed E-state index contributed by atoms with van der Waals surface area (Å²) >= 11 is 1.68. The van der Waals surface area contributed by atoms with E-state index in [0.717, 1.165) is 18.0 Å². The van der Waals surface area contributed by atoms with E-state index < -0.39 is 0 Å². The summed E-state index contributed by atoms with van der Waals surface area (Å²) < 4.78 is 16.3. The Kier molecular flexibility index (Phi) is 4.10. The van der Waals surface area contributed by atoms with Gasteiger partial charge in [-0.25, -0.2) is 4.39 Å². The molecule has 1 aliphatic rings. The fourth-order valence-electron chi connectivity index (χ4n) is 2.80. The zero-order valence-corrected chi connectivity index (χ0v) is 14.2. The van der Waals surface area contributed by atoms with Gasteiger partial charge in [0.1, 0.15) is 5.82 Å². The van der Waals surface area contributed by atoms with Gasteiger partial charge in [0.2, 0.25) is 0 Å². The molecule has 4 rings (SSSR count). The zero-order valence-electron chi connectivity index (χ0n) is 13.4. The minimum Gasteiger partial charge on any atom is -0.299 e. The number of hydrogen-bond donors (Lipinski definition) is 0. The van der Waals surface area contributed by atoms with Crippen LogP contribution in [0.4, 0.5) is 4.39 Å². The van der Waals surface area contributed by atoms with Gasteiger partial charge >= 0.3 is 0 Å². The Labute approximate surface area is 144 Å². The van der Waals surface area contributed by atoms with Gasteiger partial charge in [0.05, 0.1) is 5.56 Å². The van der Waals surface area contributed by atoms with Crippen LogP contribution in [0.1, 0.15) is 36.6 Å². The maximum absolute atomic E-state index is 14.2. The van der Waals surface area contributed by atoms with Crippen LogP contribution in [-0.2, 0) is 0 Å². The van der Waals surface area contributed by atoms with Crippen LogP contribution in [0.3, 0.4) is 0 Å². The van der Waals surface area contributed by atoms with Crippen LogP contribution < -0.4 is 0 Å². The lowest BCUT2D eigenvalue weighted by Crippen LogP contribution is -2.01. The molecule has 0 bridgehead atoms. The number of nitrogens with zero attached hydrogens (tertiary/aromatic N) is 3. The number of hydrogen-bond acceptors (Lipinski definition) is 3. The van der Waals surface area contributed by atoms with E-state index in [4.69, 9.17) is 0 Å². The second-order valence-corrected chi connectivity index (χ2v) is 7.37. The Morgan fingerprint density at radius 1 is 1.04 bits per heavy atom. The summed E-state index contributed by atoms with van der Waals surface area (Å²) in [6.07, 6.45) is 2.21. The summed E-state index contributed by atoms with van der Waals surface area (Å²) in [5, 5.41) is 9.81. The lowest BCUT2D eigenvalue weighted by molar-refractivity contribution is 0.622. The summed E-state index contributed by atoms with van der Waals surface area (Å²) in [7, 11) is 0. The molecular formula is C19H18FN3S. The number of thioether (sulfide) groups is 1. The van der Waals surface area contributed by atoms with Gasteiger partial charge in [0.25, 0.3) is 0 Å². The van der Waals surface area contributed by atoms with Crippen molar-refractivity contribution in [3.05, 3.63) is 66.0 Å². The van der Waals surface area contributed by atoms with Gasteiger partial charge in [0.15, 0.2) is 11.0 Å². The highest BCUT2D eigenvalue weighted by Gasteiger charge is 2.31. The summed E-state index contributed by atoms with van der Waals surface area (Å²) in [5.41, 5.74) is 1.77. The number of rotatable bonds is 5. The highest BCUT2D eigenvalue weighted by atomic mass is 32.2. The Balaban J connectivity index is 1.69. The molecule has 1 heterocycles. The largest absolute Gasteiger partial charge is 0.299 e. The van der Waals surface area contributed by atoms with Crippen LogP contribution in [0, 0.1) is 5.82 Å². The number of benzene rings is 2. The third-order valence-electron chi connectivity index (χ3n) is 4.24. The minimum absolute atomic E-state index is 0.251. The zero-order chi connectivity index (χ0) is 16.5. The van der Waals surface area contributed by atoms with E-state index >= 15 is 0 Å². The standard InChI is InChI=1S/C19H18FN3S/c1-13(14-7-3-2-4-8-14)24-19-22-21-18(23(19)15-11-12-15)16-9-5-6-10-17(16)20/h2-10,13,15H,11-12H2,1H3/t13-/m1/s1. The predicted octanol–water partition coefficient (Wildman–Crippen LogP) is 5.27. The average Bonchev–Trinajstić information content (AvgIpc) is 3.37. The Hall–Kier alpha value is -2.14. The summed E-state index contributed by atoms with van der Waals surface area (Å²) in [6.45, 7) is 2.16. The molecule has 0 spiro atoms. The highest BCUT2D eigenvalue weighted by molar-refractivity contribution is 7.99. The van der Waals surface area contributed by atoms with Gasteiger partial charge < -0.3 is 0 Å². The Bertz CT molecular complexity index is 843. The molecule has 0 saturated heterocycles. The third-order valence-corrected chi connectivity index (χ3v) is 5.36. The first-order valence-electron chi connectivity index (χ1n) is 8.15.